The van der Waals surface area contributed by atoms with E-state index in [-0.39, 0.29) is 11.9 Å². The maximum absolute atomic E-state index is 13.0. The number of aryl methyl sites for hydroxylation is 1. The first-order valence-electron chi connectivity index (χ1n) is 10.7. The Hall–Kier alpha value is -2.94. The number of amides is 1. The normalized spacial score (nSPS) is 14.9. The lowest BCUT2D eigenvalue weighted by Gasteiger charge is -2.27. The predicted molar refractivity (Wildman–Crippen MR) is 125 cm³/mol. The van der Waals surface area contributed by atoms with E-state index in [1.165, 1.54) is 0 Å². The van der Waals surface area contributed by atoms with Crippen LogP contribution in [0.15, 0.2) is 42.7 Å². The van der Waals surface area contributed by atoms with Gasteiger partial charge in [0.05, 0.1) is 24.9 Å². The van der Waals surface area contributed by atoms with E-state index in [1.54, 1.807) is 12.3 Å². The number of morpholine rings is 1. The van der Waals surface area contributed by atoms with E-state index >= 15 is 0 Å². The third-order valence-electron chi connectivity index (χ3n) is 5.47. The molecule has 1 aliphatic rings. The standard InChI is InChI=1S/C23H27ClN6O2/c1-15-13-27-23(30-7-9-32-10-8-30)29-21(15)17-12-20(26-14-17)22(31)28-19(5-6-25)16-3-2-4-18(24)11-16/h2-4,11-14,19,26H,5-10,25H2,1H3,(H,28,31). The molecular weight excluding hydrogens is 428 g/mol. The monoisotopic (exact) mass is 454 g/mol. The zero-order chi connectivity index (χ0) is 22.5. The Bertz CT molecular complexity index is 1080. The molecule has 2 aromatic heterocycles. The lowest BCUT2D eigenvalue weighted by atomic mass is 10.0. The Morgan fingerprint density at radius 1 is 1.34 bits per heavy atom. The average Bonchev–Trinajstić information content (AvgIpc) is 3.30. The molecule has 1 saturated heterocycles. The van der Waals surface area contributed by atoms with Gasteiger partial charge in [0.25, 0.3) is 5.91 Å². The molecule has 1 aliphatic heterocycles. The second-order valence-electron chi connectivity index (χ2n) is 7.76. The van der Waals surface area contributed by atoms with Crippen molar-refractivity contribution in [3.63, 3.8) is 0 Å². The molecule has 3 aromatic rings. The number of H-pyrrole nitrogens is 1. The number of aromatic nitrogens is 3. The molecule has 8 nitrogen and oxygen atoms in total. The van der Waals surface area contributed by atoms with Gasteiger partial charge >= 0.3 is 0 Å². The van der Waals surface area contributed by atoms with Crippen LogP contribution in [-0.4, -0.2) is 53.7 Å². The SMILES string of the molecule is Cc1cnc(N2CCOCC2)nc1-c1c[nH]c(C(=O)NC(CCN)c2cccc(Cl)c2)c1. The van der Waals surface area contributed by atoms with E-state index in [0.717, 1.165) is 35.5 Å². The van der Waals surface area contributed by atoms with Gasteiger partial charge in [-0.2, -0.15) is 0 Å². The van der Waals surface area contributed by atoms with E-state index in [0.29, 0.717) is 42.8 Å². The number of halogens is 1. The third-order valence-corrected chi connectivity index (χ3v) is 5.70. The van der Waals surface area contributed by atoms with Gasteiger partial charge in [-0.05, 0) is 49.2 Å². The molecule has 0 spiro atoms. The Morgan fingerprint density at radius 2 is 2.16 bits per heavy atom. The van der Waals surface area contributed by atoms with Gasteiger partial charge in [-0.1, -0.05) is 23.7 Å². The fourth-order valence-electron chi connectivity index (χ4n) is 3.75. The minimum atomic E-state index is -0.230. The molecule has 0 saturated carbocycles. The molecule has 0 bridgehead atoms. The molecule has 0 radical (unpaired) electrons. The van der Waals surface area contributed by atoms with Crippen molar-refractivity contribution in [2.75, 3.05) is 37.7 Å². The summed E-state index contributed by atoms with van der Waals surface area (Å²) in [5.41, 5.74) is 9.72. The Labute approximate surface area is 192 Å². The summed E-state index contributed by atoms with van der Waals surface area (Å²) in [6.45, 7) is 5.25. The highest BCUT2D eigenvalue weighted by molar-refractivity contribution is 6.30. The zero-order valence-electron chi connectivity index (χ0n) is 18.0. The molecule has 3 heterocycles. The summed E-state index contributed by atoms with van der Waals surface area (Å²) in [4.78, 5) is 27.4. The molecule has 1 aromatic carbocycles. The smallest absolute Gasteiger partial charge is 0.268 e. The number of ether oxygens (including phenoxy) is 1. The molecule has 32 heavy (non-hydrogen) atoms. The zero-order valence-corrected chi connectivity index (χ0v) is 18.7. The van der Waals surface area contributed by atoms with E-state index in [2.05, 4.69) is 20.2 Å². The first-order chi connectivity index (χ1) is 15.5. The number of rotatable bonds is 7. The number of aromatic amines is 1. The van der Waals surface area contributed by atoms with Crippen molar-refractivity contribution < 1.29 is 9.53 Å². The minimum Gasteiger partial charge on any atom is -0.378 e. The topological polar surface area (TPSA) is 109 Å². The van der Waals surface area contributed by atoms with Gasteiger partial charge in [0.15, 0.2) is 0 Å². The molecule has 1 amide bonds. The van der Waals surface area contributed by atoms with Crippen LogP contribution < -0.4 is 16.0 Å². The highest BCUT2D eigenvalue weighted by Crippen LogP contribution is 2.25. The van der Waals surface area contributed by atoms with Crippen molar-refractivity contribution in [2.45, 2.75) is 19.4 Å². The van der Waals surface area contributed by atoms with Gasteiger partial charge in [-0.25, -0.2) is 9.97 Å². The lowest BCUT2D eigenvalue weighted by Crippen LogP contribution is -2.37. The molecular formula is C23H27ClN6O2. The van der Waals surface area contributed by atoms with Crippen LogP contribution >= 0.6 is 11.6 Å². The number of carbonyl (C=O) groups excluding carboxylic acids is 1. The number of hydrogen-bond acceptors (Lipinski definition) is 6. The van der Waals surface area contributed by atoms with Crippen LogP contribution in [0.5, 0.6) is 0 Å². The largest absolute Gasteiger partial charge is 0.378 e. The highest BCUT2D eigenvalue weighted by atomic mass is 35.5. The van der Waals surface area contributed by atoms with E-state index < -0.39 is 0 Å². The Kier molecular flexibility index (Phi) is 7.04. The fraction of sp³-hybridized carbons (Fsp3) is 0.348. The summed E-state index contributed by atoms with van der Waals surface area (Å²) in [6, 6.07) is 9.03. The van der Waals surface area contributed by atoms with Gasteiger partial charge < -0.3 is 25.7 Å². The van der Waals surface area contributed by atoms with Crippen LogP contribution in [0, 0.1) is 6.92 Å². The Balaban J connectivity index is 1.53. The van der Waals surface area contributed by atoms with Crippen molar-refractivity contribution in [3.05, 3.63) is 64.6 Å². The minimum absolute atomic E-state index is 0.213. The summed E-state index contributed by atoms with van der Waals surface area (Å²) in [5, 5.41) is 3.68. The number of benzene rings is 1. The molecule has 4 rings (SSSR count). The second kappa shape index (κ2) is 10.1. The number of nitrogens with one attached hydrogen (secondary N) is 2. The van der Waals surface area contributed by atoms with Gasteiger partial charge in [-0.15, -0.1) is 0 Å². The fourth-order valence-corrected chi connectivity index (χ4v) is 3.95. The lowest BCUT2D eigenvalue weighted by molar-refractivity contribution is 0.0930. The summed E-state index contributed by atoms with van der Waals surface area (Å²) in [7, 11) is 0. The molecule has 9 heteroatoms. The number of nitrogens with two attached hydrogens (primary N) is 1. The van der Waals surface area contributed by atoms with Crippen molar-refractivity contribution >= 4 is 23.5 Å². The molecule has 1 fully saturated rings. The van der Waals surface area contributed by atoms with Crippen molar-refractivity contribution in [3.8, 4) is 11.3 Å². The molecule has 168 valence electrons. The van der Waals surface area contributed by atoms with E-state index in [4.69, 9.17) is 27.1 Å². The highest BCUT2D eigenvalue weighted by Gasteiger charge is 2.19. The Morgan fingerprint density at radius 3 is 2.91 bits per heavy atom. The van der Waals surface area contributed by atoms with Crippen LogP contribution in [0.1, 0.15) is 34.1 Å². The quantitative estimate of drug-likeness (QED) is 0.506. The number of carbonyl (C=O) groups is 1. The van der Waals surface area contributed by atoms with Crippen molar-refractivity contribution in [1.29, 1.82) is 0 Å². The molecule has 1 atom stereocenters. The van der Waals surface area contributed by atoms with Crippen LogP contribution in [0.2, 0.25) is 5.02 Å². The maximum atomic E-state index is 13.0. The van der Waals surface area contributed by atoms with Gasteiger partial charge in [0.1, 0.15) is 5.69 Å². The number of hydrogen-bond donors (Lipinski definition) is 3. The summed E-state index contributed by atoms with van der Waals surface area (Å²) in [6.07, 6.45) is 4.22. The summed E-state index contributed by atoms with van der Waals surface area (Å²) < 4.78 is 5.42. The molecule has 1 unspecified atom stereocenters. The van der Waals surface area contributed by atoms with E-state index in [1.807, 2.05) is 37.4 Å². The van der Waals surface area contributed by atoms with Gasteiger partial charge in [0, 0.05) is 36.1 Å². The molecule has 0 aliphatic carbocycles. The van der Waals surface area contributed by atoms with Crippen LogP contribution in [0.4, 0.5) is 5.95 Å². The summed E-state index contributed by atoms with van der Waals surface area (Å²) >= 11 is 6.12. The maximum Gasteiger partial charge on any atom is 0.268 e. The van der Waals surface area contributed by atoms with Gasteiger partial charge in [-0.3, -0.25) is 4.79 Å². The van der Waals surface area contributed by atoms with Crippen LogP contribution in [0.3, 0.4) is 0 Å². The number of anilines is 1. The first kappa shape index (κ1) is 22.3. The van der Waals surface area contributed by atoms with Crippen molar-refractivity contribution in [2.24, 2.45) is 5.73 Å². The average molecular weight is 455 g/mol. The number of nitrogens with zero attached hydrogens (tertiary/aromatic N) is 3. The predicted octanol–water partition coefficient (Wildman–Crippen LogP) is 3.09. The van der Waals surface area contributed by atoms with Crippen molar-refractivity contribution in [1.82, 2.24) is 20.3 Å². The second-order valence-corrected chi connectivity index (χ2v) is 8.20. The van der Waals surface area contributed by atoms with Crippen LogP contribution in [-0.2, 0) is 4.74 Å². The summed E-state index contributed by atoms with van der Waals surface area (Å²) in [5.74, 6) is 0.458. The third kappa shape index (κ3) is 5.09. The van der Waals surface area contributed by atoms with Crippen LogP contribution in [0.25, 0.3) is 11.3 Å². The first-order valence-corrected chi connectivity index (χ1v) is 11.0. The van der Waals surface area contributed by atoms with Gasteiger partial charge in [0.2, 0.25) is 5.95 Å². The van der Waals surface area contributed by atoms with E-state index in [9.17, 15) is 4.79 Å². The molecule has 4 N–H and O–H groups in total.